The summed E-state index contributed by atoms with van der Waals surface area (Å²) in [5, 5.41) is 27.6. The van der Waals surface area contributed by atoms with Gasteiger partial charge in [-0.05, 0) is 29.8 Å². The van der Waals surface area contributed by atoms with Crippen molar-refractivity contribution in [2.24, 2.45) is 0 Å². The second-order valence-electron chi connectivity index (χ2n) is 5.04. The Hall–Kier alpha value is -2.72. The number of allylic oxidation sites excluding steroid dienone is 3. The second kappa shape index (κ2) is 11.8. The maximum Gasteiger partial charge on any atom is 0.247 e. The van der Waals surface area contributed by atoms with E-state index in [0.717, 1.165) is 5.56 Å². The molecule has 2 unspecified atom stereocenters. The predicted molar refractivity (Wildman–Crippen MR) is 91.9 cm³/mol. The highest BCUT2D eigenvalue weighted by Crippen LogP contribution is 2.06. The fourth-order valence-corrected chi connectivity index (χ4v) is 1.76. The molecular weight excluding hydrogens is 325 g/mol. The summed E-state index contributed by atoms with van der Waals surface area (Å²) in [6, 6.07) is 5.92. The summed E-state index contributed by atoms with van der Waals surface area (Å²) in [7, 11) is 0. The minimum absolute atomic E-state index is 0.0558. The monoisotopic (exact) mass is 345 g/mol. The summed E-state index contributed by atoms with van der Waals surface area (Å²) < 4.78 is 12.8. The lowest BCUT2D eigenvalue weighted by molar-refractivity contribution is -0.128. The zero-order valence-electron chi connectivity index (χ0n) is 13.5. The smallest absolute Gasteiger partial charge is 0.247 e. The highest BCUT2D eigenvalue weighted by molar-refractivity contribution is 5.76. The SMILES string of the molecule is O=C(C/C=C/C(O)C#CC=CC=CC(O)Cc1ccc(F)cc1)NO. The molecule has 25 heavy (non-hydrogen) atoms. The van der Waals surface area contributed by atoms with Crippen LogP contribution in [0.5, 0.6) is 0 Å². The average Bonchev–Trinajstić information content (AvgIpc) is 2.59. The third-order valence-corrected chi connectivity index (χ3v) is 2.96. The lowest BCUT2D eigenvalue weighted by Gasteiger charge is -2.04. The maximum absolute atomic E-state index is 12.8. The minimum atomic E-state index is -1.02. The van der Waals surface area contributed by atoms with Crippen LogP contribution < -0.4 is 5.48 Å². The Balaban J connectivity index is 2.35. The molecular formula is C19H20FNO4. The van der Waals surface area contributed by atoms with Crippen LogP contribution in [0.25, 0.3) is 0 Å². The van der Waals surface area contributed by atoms with E-state index in [0.29, 0.717) is 6.42 Å². The van der Waals surface area contributed by atoms with E-state index < -0.39 is 18.1 Å². The molecule has 6 heteroatoms. The molecule has 4 N–H and O–H groups in total. The second-order valence-corrected chi connectivity index (χ2v) is 5.04. The Kier molecular flexibility index (Phi) is 9.56. The Morgan fingerprint density at radius 3 is 2.60 bits per heavy atom. The molecule has 5 nitrogen and oxygen atoms in total. The first-order chi connectivity index (χ1) is 12.0. The van der Waals surface area contributed by atoms with E-state index >= 15 is 0 Å². The Bertz CT molecular complexity index is 684. The van der Waals surface area contributed by atoms with Crippen molar-refractivity contribution in [2.75, 3.05) is 0 Å². The van der Waals surface area contributed by atoms with E-state index in [4.69, 9.17) is 5.21 Å². The zero-order chi connectivity index (χ0) is 18.5. The van der Waals surface area contributed by atoms with Gasteiger partial charge < -0.3 is 10.2 Å². The number of carbonyl (C=O) groups excluding carboxylic acids is 1. The fraction of sp³-hybridized carbons (Fsp3) is 0.211. The van der Waals surface area contributed by atoms with Gasteiger partial charge in [-0.3, -0.25) is 10.0 Å². The third kappa shape index (κ3) is 9.89. The van der Waals surface area contributed by atoms with Crippen LogP contribution in [0.2, 0.25) is 0 Å². The van der Waals surface area contributed by atoms with Crippen LogP contribution >= 0.6 is 0 Å². The molecule has 0 fully saturated rings. The molecule has 1 rings (SSSR count). The lowest BCUT2D eigenvalue weighted by Crippen LogP contribution is -2.17. The van der Waals surface area contributed by atoms with E-state index in [2.05, 4.69) is 11.8 Å². The Morgan fingerprint density at radius 1 is 1.20 bits per heavy atom. The van der Waals surface area contributed by atoms with Crippen molar-refractivity contribution < 1.29 is 24.6 Å². The van der Waals surface area contributed by atoms with E-state index in [9.17, 15) is 19.4 Å². The quantitative estimate of drug-likeness (QED) is 0.199. The van der Waals surface area contributed by atoms with Crippen LogP contribution in [-0.2, 0) is 11.2 Å². The van der Waals surface area contributed by atoms with Gasteiger partial charge in [-0.2, -0.15) is 0 Å². The molecule has 2 atom stereocenters. The molecule has 0 radical (unpaired) electrons. The summed E-state index contributed by atoms with van der Waals surface area (Å²) in [4.78, 5) is 10.7. The number of hydrogen-bond acceptors (Lipinski definition) is 4. The third-order valence-electron chi connectivity index (χ3n) is 2.96. The normalized spacial score (nSPS) is 13.8. The summed E-state index contributed by atoms with van der Waals surface area (Å²) in [6.07, 6.45) is 7.62. The summed E-state index contributed by atoms with van der Waals surface area (Å²) in [5.74, 6) is 4.23. The van der Waals surface area contributed by atoms with Crippen molar-refractivity contribution in [3.05, 3.63) is 72.1 Å². The van der Waals surface area contributed by atoms with Crippen molar-refractivity contribution in [1.29, 1.82) is 0 Å². The van der Waals surface area contributed by atoms with Crippen LogP contribution in [0.3, 0.4) is 0 Å². The number of benzene rings is 1. The molecule has 1 aromatic rings. The molecule has 132 valence electrons. The summed E-state index contributed by atoms with van der Waals surface area (Å²) in [5.41, 5.74) is 2.29. The molecule has 0 heterocycles. The van der Waals surface area contributed by atoms with Gasteiger partial charge in [-0.15, -0.1) is 0 Å². The van der Waals surface area contributed by atoms with E-state index in [1.165, 1.54) is 35.8 Å². The first-order valence-electron chi connectivity index (χ1n) is 7.56. The van der Waals surface area contributed by atoms with Gasteiger partial charge in [0, 0.05) is 12.8 Å². The largest absolute Gasteiger partial charge is 0.389 e. The molecule has 1 amide bonds. The summed E-state index contributed by atoms with van der Waals surface area (Å²) in [6.45, 7) is 0. The first-order valence-corrected chi connectivity index (χ1v) is 7.56. The topological polar surface area (TPSA) is 89.8 Å². The number of carbonyl (C=O) groups is 1. The minimum Gasteiger partial charge on any atom is -0.389 e. The van der Waals surface area contributed by atoms with E-state index in [1.807, 2.05) is 0 Å². The predicted octanol–water partition coefficient (Wildman–Crippen LogP) is 1.66. The molecule has 0 aliphatic heterocycles. The molecule has 0 spiro atoms. The van der Waals surface area contributed by atoms with E-state index in [1.54, 1.807) is 30.4 Å². The number of nitrogens with one attached hydrogen (secondary N) is 1. The number of amides is 1. The Morgan fingerprint density at radius 2 is 1.92 bits per heavy atom. The van der Waals surface area contributed by atoms with Gasteiger partial charge in [-0.1, -0.05) is 48.3 Å². The van der Waals surface area contributed by atoms with Gasteiger partial charge in [0.05, 0.1) is 6.10 Å². The zero-order valence-corrected chi connectivity index (χ0v) is 13.5. The Labute approximate surface area is 145 Å². The van der Waals surface area contributed by atoms with Gasteiger partial charge in [0.1, 0.15) is 11.9 Å². The molecule has 0 aliphatic rings. The van der Waals surface area contributed by atoms with Crippen molar-refractivity contribution in [2.45, 2.75) is 25.0 Å². The van der Waals surface area contributed by atoms with Crippen LogP contribution in [0, 0.1) is 17.7 Å². The average molecular weight is 345 g/mol. The lowest BCUT2D eigenvalue weighted by atomic mass is 10.1. The standard InChI is InChI=1S/C19H20FNO4/c20-16-12-10-15(11-13-16)14-18(23)7-4-2-1-3-6-17(22)8-5-9-19(24)21-25/h1-2,4-5,7-8,10-13,17-18,22-23,25H,9,14H2,(H,21,24)/b2-1?,7-4?,8-5+. The van der Waals surface area contributed by atoms with Gasteiger partial charge in [0.2, 0.25) is 5.91 Å². The number of halogens is 1. The maximum atomic E-state index is 12.8. The molecule has 1 aromatic carbocycles. The van der Waals surface area contributed by atoms with Gasteiger partial charge in [0.25, 0.3) is 0 Å². The van der Waals surface area contributed by atoms with E-state index in [-0.39, 0.29) is 12.2 Å². The number of aliphatic hydroxyl groups excluding tert-OH is 2. The first kappa shape index (κ1) is 20.3. The molecule has 0 saturated carbocycles. The highest BCUT2D eigenvalue weighted by Gasteiger charge is 2.01. The molecule has 0 aliphatic carbocycles. The van der Waals surface area contributed by atoms with Gasteiger partial charge in [0.15, 0.2) is 0 Å². The molecule has 0 saturated heterocycles. The highest BCUT2D eigenvalue weighted by atomic mass is 19.1. The number of rotatable bonds is 7. The van der Waals surface area contributed by atoms with Crippen molar-refractivity contribution in [3.63, 3.8) is 0 Å². The van der Waals surface area contributed by atoms with Crippen LogP contribution in [-0.4, -0.2) is 33.5 Å². The molecule has 0 bridgehead atoms. The van der Waals surface area contributed by atoms with Crippen molar-refractivity contribution in [3.8, 4) is 11.8 Å². The summed E-state index contributed by atoms with van der Waals surface area (Å²) >= 11 is 0. The molecule has 0 aromatic heterocycles. The van der Waals surface area contributed by atoms with Crippen LogP contribution in [0.4, 0.5) is 4.39 Å². The number of aliphatic hydroxyl groups is 2. The van der Waals surface area contributed by atoms with Crippen LogP contribution in [0.1, 0.15) is 12.0 Å². The van der Waals surface area contributed by atoms with Crippen molar-refractivity contribution >= 4 is 5.91 Å². The van der Waals surface area contributed by atoms with Crippen LogP contribution in [0.15, 0.2) is 60.7 Å². The van der Waals surface area contributed by atoms with Crippen molar-refractivity contribution in [1.82, 2.24) is 5.48 Å². The number of hydroxylamine groups is 1. The van der Waals surface area contributed by atoms with Gasteiger partial charge in [-0.25, -0.2) is 9.87 Å². The van der Waals surface area contributed by atoms with Gasteiger partial charge >= 0.3 is 0 Å². The fourth-order valence-electron chi connectivity index (χ4n) is 1.76. The number of hydrogen-bond donors (Lipinski definition) is 4.